The van der Waals surface area contributed by atoms with Gasteiger partial charge in [0.05, 0.1) is 18.3 Å². The number of amides is 1. The number of aromatic amines is 1. The number of aryl methyl sites for hydroxylation is 2. The lowest BCUT2D eigenvalue weighted by Gasteiger charge is -2.09. The Morgan fingerprint density at radius 1 is 1.50 bits per heavy atom. The van der Waals surface area contributed by atoms with Crippen LogP contribution in [0.5, 0.6) is 0 Å². The number of nitrogens with zero attached hydrogens (tertiary/aromatic N) is 1. The quantitative estimate of drug-likeness (QED) is 0.765. The van der Waals surface area contributed by atoms with Gasteiger partial charge in [-0.3, -0.25) is 4.79 Å². The SMILES string of the molecule is Cc1nc(C(C)NC(=O)CN)[nH]c1C.Cl.Cl. The van der Waals surface area contributed by atoms with Gasteiger partial charge in [0, 0.05) is 5.69 Å². The van der Waals surface area contributed by atoms with Crippen LogP contribution in [0, 0.1) is 13.8 Å². The number of nitrogens with one attached hydrogen (secondary N) is 2. The van der Waals surface area contributed by atoms with Crippen molar-refractivity contribution in [3.8, 4) is 0 Å². The number of hydrogen-bond donors (Lipinski definition) is 3. The number of H-pyrrole nitrogens is 1. The van der Waals surface area contributed by atoms with Crippen LogP contribution in [0.3, 0.4) is 0 Å². The molecule has 1 aromatic heterocycles. The highest BCUT2D eigenvalue weighted by molar-refractivity contribution is 5.85. The van der Waals surface area contributed by atoms with Gasteiger partial charge < -0.3 is 16.0 Å². The van der Waals surface area contributed by atoms with Gasteiger partial charge in [-0.25, -0.2) is 4.98 Å². The summed E-state index contributed by atoms with van der Waals surface area (Å²) in [4.78, 5) is 18.4. The minimum absolute atomic E-state index is 0. The normalized spacial score (nSPS) is 11.0. The van der Waals surface area contributed by atoms with Crippen LogP contribution < -0.4 is 11.1 Å². The molecule has 0 saturated heterocycles. The lowest BCUT2D eigenvalue weighted by Crippen LogP contribution is -2.32. The number of carbonyl (C=O) groups is 1. The van der Waals surface area contributed by atoms with E-state index in [1.165, 1.54) is 0 Å². The fraction of sp³-hybridized carbons (Fsp3) is 0.556. The maximum absolute atomic E-state index is 11.0. The van der Waals surface area contributed by atoms with E-state index in [4.69, 9.17) is 5.73 Å². The third kappa shape index (κ3) is 4.38. The van der Waals surface area contributed by atoms with Gasteiger partial charge in [-0.2, -0.15) is 0 Å². The number of nitrogens with two attached hydrogens (primary N) is 1. The smallest absolute Gasteiger partial charge is 0.234 e. The molecule has 1 aromatic rings. The van der Waals surface area contributed by atoms with E-state index in [2.05, 4.69) is 15.3 Å². The van der Waals surface area contributed by atoms with Crippen molar-refractivity contribution in [1.29, 1.82) is 0 Å². The topological polar surface area (TPSA) is 83.8 Å². The Balaban J connectivity index is 0. The average Bonchev–Trinajstić information content (AvgIpc) is 2.47. The summed E-state index contributed by atoms with van der Waals surface area (Å²) in [6.45, 7) is 5.74. The van der Waals surface area contributed by atoms with Crippen molar-refractivity contribution in [2.24, 2.45) is 5.73 Å². The Hall–Kier alpha value is -0.780. The molecule has 0 radical (unpaired) electrons. The molecule has 5 nitrogen and oxygen atoms in total. The van der Waals surface area contributed by atoms with Crippen molar-refractivity contribution in [3.63, 3.8) is 0 Å². The van der Waals surface area contributed by atoms with Gasteiger partial charge in [0.2, 0.25) is 5.91 Å². The fourth-order valence-corrected chi connectivity index (χ4v) is 1.15. The summed E-state index contributed by atoms with van der Waals surface area (Å²) < 4.78 is 0. The maximum Gasteiger partial charge on any atom is 0.234 e. The lowest BCUT2D eigenvalue weighted by molar-refractivity contribution is -0.120. The number of rotatable bonds is 3. The average molecular weight is 269 g/mol. The molecule has 0 aliphatic rings. The van der Waals surface area contributed by atoms with Gasteiger partial charge in [0.25, 0.3) is 0 Å². The van der Waals surface area contributed by atoms with E-state index in [-0.39, 0.29) is 43.3 Å². The summed E-state index contributed by atoms with van der Waals surface area (Å²) in [5.41, 5.74) is 7.17. The zero-order valence-corrected chi connectivity index (χ0v) is 11.2. The molecule has 1 heterocycles. The number of imidazole rings is 1. The highest BCUT2D eigenvalue weighted by Crippen LogP contribution is 2.10. The van der Waals surface area contributed by atoms with E-state index in [9.17, 15) is 4.79 Å². The largest absolute Gasteiger partial charge is 0.345 e. The predicted octanol–water partition coefficient (Wildman–Crippen LogP) is 1.01. The molecule has 0 aliphatic heterocycles. The lowest BCUT2D eigenvalue weighted by atomic mass is 10.3. The van der Waals surface area contributed by atoms with Crippen LogP contribution in [-0.4, -0.2) is 22.4 Å². The van der Waals surface area contributed by atoms with Crippen molar-refractivity contribution in [3.05, 3.63) is 17.2 Å². The molecule has 0 bridgehead atoms. The number of aromatic nitrogens is 2. The fourth-order valence-electron chi connectivity index (χ4n) is 1.15. The molecule has 0 fully saturated rings. The second-order valence-corrected chi connectivity index (χ2v) is 3.33. The van der Waals surface area contributed by atoms with Crippen molar-refractivity contribution < 1.29 is 4.79 Å². The highest BCUT2D eigenvalue weighted by atomic mass is 35.5. The zero-order chi connectivity index (χ0) is 10.7. The molecular weight excluding hydrogens is 251 g/mol. The summed E-state index contributed by atoms with van der Waals surface area (Å²) in [5.74, 6) is 0.589. The minimum Gasteiger partial charge on any atom is -0.345 e. The first-order valence-corrected chi connectivity index (χ1v) is 4.57. The van der Waals surface area contributed by atoms with Crippen LogP contribution in [0.1, 0.15) is 30.2 Å². The maximum atomic E-state index is 11.0. The van der Waals surface area contributed by atoms with Gasteiger partial charge >= 0.3 is 0 Å². The van der Waals surface area contributed by atoms with Crippen LogP contribution in [0.2, 0.25) is 0 Å². The van der Waals surface area contributed by atoms with Crippen LogP contribution in [0.25, 0.3) is 0 Å². The van der Waals surface area contributed by atoms with Gasteiger partial charge in [-0.1, -0.05) is 0 Å². The molecule has 16 heavy (non-hydrogen) atoms. The van der Waals surface area contributed by atoms with Crippen molar-refractivity contribution in [1.82, 2.24) is 15.3 Å². The van der Waals surface area contributed by atoms with E-state index in [0.29, 0.717) is 0 Å². The summed E-state index contributed by atoms with van der Waals surface area (Å²) >= 11 is 0. The summed E-state index contributed by atoms with van der Waals surface area (Å²) in [6.07, 6.45) is 0. The van der Waals surface area contributed by atoms with Crippen LogP contribution in [0.15, 0.2) is 0 Å². The number of carbonyl (C=O) groups excluding carboxylic acids is 1. The first-order valence-electron chi connectivity index (χ1n) is 4.57. The van der Waals surface area contributed by atoms with Crippen LogP contribution >= 0.6 is 24.8 Å². The zero-order valence-electron chi connectivity index (χ0n) is 9.53. The van der Waals surface area contributed by atoms with Crippen molar-refractivity contribution >= 4 is 30.7 Å². The van der Waals surface area contributed by atoms with Gasteiger partial charge in [0.1, 0.15) is 5.82 Å². The van der Waals surface area contributed by atoms with Crippen molar-refractivity contribution in [2.75, 3.05) is 6.54 Å². The molecule has 0 saturated carbocycles. The molecule has 7 heteroatoms. The minimum atomic E-state index is -0.177. The second kappa shape index (κ2) is 7.49. The Kier molecular flexibility index (Phi) is 8.24. The van der Waals surface area contributed by atoms with E-state index in [0.717, 1.165) is 17.2 Å². The van der Waals surface area contributed by atoms with Crippen LogP contribution in [-0.2, 0) is 4.79 Å². The summed E-state index contributed by atoms with van der Waals surface area (Å²) in [7, 11) is 0. The number of hydrogen-bond acceptors (Lipinski definition) is 3. The van der Waals surface area contributed by atoms with Crippen LogP contribution in [0.4, 0.5) is 0 Å². The first kappa shape index (κ1) is 17.6. The molecule has 0 aliphatic carbocycles. The van der Waals surface area contributed by atoms with Crippen molar-refractivity contribution in [2.45, 2.75) is 26.8 Å². The van der Waals surface area contributed by atoms with Gasteiger partial charge in [-0.05, 0) is 20.8 Å². The van der Waals surface area contributed by atoms with E-state index in [1.807, 2.05) is 20.8 Å². The second-order valence-electron chi connectivity index (χ2n) is 3.33. The molecule has 1 unspecified atom stereocenters. The third-order valence-electron chi connectivity index (χ3n) is 2.12. The Morgan fingerprint density at radius 2 is 2.06 bits per heavy atom. The molecular formula is C9H18Cl2N4O. The van der Waals surface area contributed by atoms with E-state index < -0.39 is 0 Å². The van der Waals surface area contributed by atoms with E-state index in [1.54, 1.807) is 0 Å². The third-order valence-corrected chi connectivity index (χ3v) is 2.12. The van der Waals surface area contributed by atoms with Gasteiger partial charge in [0.15, 0.2) is 0 Å². The molecule has 1 amide bonds. The number of halogens is 2. The molecule has 4 N–H and O–H groups in total. The molecule has 1 rings (SSSR count). The monoisotopic (exact) mass is 268 g/mol. The Morgan fingerprint density at radius 3 is 2.44 bits per heavy atom. The first-order chi connectivity index (χ1) is 6.54. The highest BCUT2D eigenvalue weighted by Gasteiger charge is 2.12. The Bertz CT molecular complexity index is 321. The standard InChI is InChI=1S/C9H16N4O.2ClH/c1-5-6(2)13-9(12-5)7(3)11-8(14)4-10;;/h7H,4,10H2,1-3H3,(H,11,14)(H,12,13);2*1H. The molecule has 0 aromatic carbocycles. The van der Waals surface area contributed by atoms with E-state index >= 15 is 0 Å². The Labute approximate surface area is 107 Å². The summed E-state index contributed by atoms with van der Waals surface area (Å²) in [5, 5.41) is 2.73. The predicted molar refractivity (Wildman–Crippen MR) is 68.2 cm³/mol. The van der Waals surface area contributed by atoms with Gasteiger partial charge in [-0.15, -0.1) is 24.8 Å². The molecule has 94 valence electrons. The molecule has 0 spiro atoms. The summed E-state index contributed by atoms with van der Waals surface area (Å²) in [6, 6.07) is -0.126. The molecule has 1 atom stereocenters.